The van der Waals surface area contributed by atoms with Crippen molar-refractivity contribution in [3.63, 3.8) is 0 Å². The number of carbonyl (C=O) groups excluding carboxylic acids is 1. The van der Waals surface area contributed by atoms with E-state index < -0.39 is 9.84 Å². The zero-order chi connectivity index (χ0) is 14.6. The third-order valence-electron chi connectivity index (χ3n) is 3.21. The van der Waals surface area contributed by atoms with Crippen LogP contribution in [0.4, 0.5) is 0 Å². The molecule has 110 valence electrons. The van der Waals surface area contributed by atoms with Gasteiger partial charge in [-0.3, -0.25) is 4.79 Å². The van der Waals surface area contributed by atoms with Crippen LogP contribution in [0.1, 0.15) is 17.5 Å². The van der Waals surface area contributed by atoms with Gasteiger partial charge in [-0.1, -0.05) is 29.8 Å². The van der Waals surface area contributed by atoms with Crippen LogP contribution in [0.15, 0.2) is 24.3 Å². The molecule has 1 aliphatic heterocycles. The Morgan fingerprint density at radius 2 is 2.25 bits per heavy atom. The van der Waals surface area contributed by atoms with E-state index in [4.69, 9.17) is 0 Å². The molecule has 1 atom stereocenters. The van der Waals surface area contributed by atoms with Crippen molar-refractivity contribution in [2.45, 2.75) is 25.1 Å². The first-order valence-corrected chi connectivity index (χ1v) is 9.46. The molecule has 4 nitrogen and oxygen atoms in total. The predicted octanol–water partition coefficient (Wildman–Crippen LogP) is 1.53. The summed E-state index contributed by atoms with van der Waals surface area (Å²) >= 11 is 1.44. The minimum absolute atomic E-state index is 0.0409. The van der Waals surface area contributed by atoms with Gasteiger partial charge in [-0.05, 0) is 18.9 Å². The summed E-state index contributed by atoms with van der Waals surface area (Å²) in [5.74, 6) is 0.755. The molecule has 2 rings (SSSR count). The summed E-state index contributed by atoms with van der Waals surface area (Å²) in [6.07, 6.45) is 0.665. The van der Waals surface area contributed by atoms with Crippen LogP contribution in [0.25, 0.3) is 0 Å². The lowest BCUT2D eigenvalue weighted by Crippen LogP contribution is -2.25. The van der Waals surface area contributed by atoms with Crippen molar-refractivity contribution in [2.75, 3.05) is 17.3 Å². The van der Waals surface area contributed by atoms with Gasteiger partial charge in [0.1, 0.15) is 0 Å². The quantitative estimate of drug-likeness (QED) is 0.895. The fourth-order valence-electron chi connectivity index (χ4n) is 2.16. The Hall–Kier alpha value is -1.01. The monoisotopic (exact) mass is 313 g/mol. The third kappa shape index (κ3) is 4.83. The SMILES string of the molecule is Cc1cccc(CNC(=O)CSC2CCS(=O)(=O)C2)c1. The number of aryl methyl sites for hydroxylation is 1. The van der Waals surface area contributed by atoms with Gasteiger partial charge in [0.2, 0.25) is 5.91 Å². The maximum atomic E-state index is 11.7. The molecule has 0 radical (unpaired) electrons. The van der Waals surface area contributed by atoms with Crippen molar-refractivity contribution in [2.24, 2.45) is 0 Å². The van der Waals surface area contributed by atoms with E-state index in [-0.39, 0.29) is 22.7 Å². The Kier molecular flexibility index (Phi) is 5.10. The first-order chi connectivity index (χ1) is 9.44. The van der Waals surface area contributed by atoms with Crippen molar-refractivity contribution in [1.82, 2.24) is 5.32 Å². The Bertz CT molecular complexity index is 584. The van der Waals surface area contributed by atoms with E-state index >= 15 is 0 Å². The first-order valence-electron chi connectivity index (χ1n) is 6.59. The van der Waals surface area contributed by atoms with Gasteiger partial charge in [-0.15, -0.1) is 11.8 Å². The zero-order valence-corrected chi connectivity index (χ0v) is 13.1. The molecule has 6 heteroatoms. The fraction of sp³-hybridized carbons (Fsp3) is 0.500. The topological polar surface area (TPSA) is 63.2 Å². The van der Waals surface area contributed by atoms with Crippen LogP contribution in [-0.4, -0.2) is 36.8 Å². The van der Waals surface area contributed by atoms with Gasteiger partial charge in [0.15, 0.2) is 9.84 Å². The normalized spacial score (nSPS) is 20.8. The van der Waals surface area contributed by atoms with Crippen molar-refractivity contribution in [3.05, 3.63) is 35.4 Å². The van der Waals surface area contributed by atoms with E-state index in [1.165, 1.54) is 17.3 Å². The van der Waals surface area contributed by atoms with Gasteiger partial charge in [-0.2, -0.15) is 0 Å². The standard InChI is InChI=1S/C14H19NO3S2/c1-11-3-2-4-12(7-11)8-15-14(16)9-19-13-5-6-20(17,18)10-13/h2-4,7,13H,5-6,8-10H2,1H3,(H,15,16). The number of benzene rings is 1. The minimum atomic E-state index is -2.86. The first kappa shape index (κ1) is 15.4. The average molecular weight is 313 g/mol. The van der Waals surface area contributed by atoms with Gasteiger partial charge in [0.25, 0.3) is 0 Å². The van der Waals surface area contributed by atoms with Crippen LogP contribution in [0.2, 0.25) is 0 Å². The van der Waals surface area contributed by atoms with E-state index in [1.807, 2.05) is 31.2 Å². The number of thioether (sulfide) groups is 1. The maximum Gasteiger partial charge on any atom is 0.230 e. The Balaban J connectivity index is 1.71. The number of rotatable bonds is 5. The highest BCUT2D eigenvalue weighted by Gasteiger charge is 2.28. The van der Waals surface area contributed by atoms with Crippen molar-refractivity contribution in [3.8, 4) is 0 Å². The Morgan fingerprint density at radius 3 is 2.90 bits per heavy atom. The number of hydrogen-bond acceptors (Lipinski definition) is 4. The largest absolute Gasteiger partial charge is 0.351 e. The second-order valence-corrected chi connectivity index (χ2v) is 8.62. The molecule has 1 fully saturated rings. The summed E-state index contributed by atoms with van der Waals surface area (Å²) in [4.78, 5) is 11.7. The summed E-state index contributed by atoms with van der Waals surface area (Å²) in [5.41, 5.74) is 2.24. The molecule has 0 saturated carbocycles. The molecule has 1 aromatic rings. The molecule has 1 saturated heterocycles. The van der Waals surface area contributed by atoms with E-state index in [0.717, 1.165) is 5.56 Å². The van der Waals surface area contributed by atoms with Gasteiger partial charge < -0.3 is 5.32 Å². The molecule has 0 aliphatic carbocycles. The number of nitrogens with one attached hydrogen (secondary N) is 1. The number of amides is 1. The number of hydrogen-bond donors (Lipinski definition) is 1. The molecular weight excluding hydrogens is 294 g/mol. The van der Waals surface area contributed by atoms with Crippen LogP contribution in [-0.2, 0) is 21.2 Å². The second kappa shape index (κ2) is 6.63. The van der Waals surface area contributed by atoms with Gasteiger partial charge in [0.05, 0.1) is 17.3 Å². The molecule has 1 aromatic carbocycles. The molecule has 0 bridgehead atoms. The molecular formula is C14H19NO3S2. The van der Waals surface area contributed by atoms with Gasteiger partial charge in [0, 0.05) is 11.8 Å². The Morgan fingerprint density at radius 1 is 1.45 bits per heavy atom. The van der Waals surface area contributed by atoms with E-state index in [9.17, 15) is 13.2 Å². The van der Waals surface area contributed by atoms with Crippen molar-refractivity contribution >= 4 is 27.5 Å². The molecule has 0 spiro atoms. The highest BCUT2D eigenvalue weighted by Crippen LogP contribution is 2.23. The summed E-state index contributed by atoms with van der Waals surface area (Å²) in [6, 6.07) is 8.00. The summed E-state index contributed by atoms with van der Waals surface area (Å²) in [5, 5.41) is 2.94. The maximum absolute atomic E-state index is 11.7. The second-order valence-electron chi connectivity index (χ2n) is 5.10. The fourth-order valence-corrected chi connectivity index (χ4v) is 5.63. The molecule has 1 heterocycles. The molecule has 1 amide bonds. The minimum Gasteiger partial charge on any atom is -0.351 e. The molecule has 1 aliphatic rings. The lowest BCUT2D eigenvalue weighted by molar-refractivity contribution is -0.118. The third-order valence-corrected chi connectivity index (χ3v) is 6.49. The predicted molar refractivity (Wildman–Crippen MR) is 82.5 cm³/mol. The van der Waals surface area contributed by atoms with E-state index in [1.54, 1.807) is 0 Å². The Labute approximate surface area is 124 Å². The number of sulfone groups is 1. The van der Waals surface area contributed by atoms with Gasteiger partial charge in [-0.25, -0.2) is 8.42 Å². The average Bonchev–Trinajstić information content (AvgIpc) is 2.74. The molecule has 1 N–H and O–H groups in total. The highest BCUT2D eigenvalue weighted by molar-refractivity contribution is 8.02. The van der Waals surface area contributed by atoms with Crippen molar-refractivity contribution < 1.29 is 13.2 Å². The van der Waals surface area contributed by atoms with E-state index in [2.05, 4.69) is 5.32 Å². The summed E-state index contributed by atoms with van der Waals surface area (Å²) < 4.78 is 22.6. The summed E-state index contributed by atoms with van der Waals surface area (Å²) in [6.45, 7) is 2.53. The number of carbonyl (C=O) groups is 1. The van der Waals surface area contributed by atoms with E-state index in [0.29, 0.717) is 18.7 Å². The lowest BCUT2D eigenvalue weighted by Gasteiger charge is -2.08. The van der Waals surface area contributed by atoms with Gasteiger partial charge >= 0.3 is 0 Å². The zero-order valence-electron chi connectivity index (χ0n) is 11.5. The molecule has 20 heavy (non-hydrogen) atoms. The lowest BCUT2D eigenvalue weighted by atomic mass is 10.1. The van der Waals surface area contributed by atoms with Crippen molar-refractivity contribution in [1.29, 1.82) is 0 Å². The highest BCUT2D eigenvalue weighted by atomic mass is 32.2. The van der Waals surface area contributed by atoms with Crippen LogP contribution in [0.5, 0.6) is 0 Å². The van der Waals surface area contributed by atoms with Crippen LogP contribution < -0.4 is 5.32 Å². The van der Waals surface area contributed by atoms with Crippen LogP contribution >= 0.6 is 11.8 Å². The molecule has 0 aromatic heterocycles. The summed E-state index contributed by atoms with van der Waals surface area (Å²) in [7, 11) is -2.86. The smallest absolute Gasteiger partial charge is 0.230 e. The van der Waals surface area contributed by atoms with Crippen LogP contribution in [0, 0.1) is 6.92 Å². The van der Waals surface area contributed by atoms with Crippen LogP contribution in [0.3, 0.4) is 0 Å². The molecule has 1 unspecified atom stereocenters.